The Labute approximate surface area is 204 Å². The summed E-state index contributed by atoms with van der Waals surface area (Å²) in [7, 11) is 0. The molecule has 0 aromatic heterocycles. The molecule has 0 bridgehead atoms. The van der Waals surface area contributed by atoms with E-state index in [9.17, 15) is 32.3 Å². The van der Waals surface area contributed by atoms with E-state index in [1.54, 1.807) is 12.1 Å². The van der Waals surface area contributed by atoms with E-state index in [1.807, 2.05) is 6.92 Å². The van der Waals surface area contributed by atoms with E-state index in [1.165, 1.54) is 24.3 Å². The number of hydrogen-bond donors (Lipinski definition) is 1. The number of carbonyl (C=O) groups is 2. The second-order valence-corrected chi connectivity index (χ2v) is 8.14. The summed E-state index contributed by atoms with van der Waals surface area (Å²) in [6.07, 6.45) is -3.79. The number of amides is 1. The third-order valence-electron chi connectivity index (χ3n) is 5.70. The molecular formula is C27H21F4NO4. The smallest absolute Gasteiger partial charge is 0.416 e. The number of aliphatic hydroxyl groups is 1. The highest BCUT2D eigenvalue weighted by Crippen LogP contribution is 2.43. The Morgan fingerprint density at radius 1 is 0.944 bits per heavy atom. The summed E-state index contributed by atoms with van der Waals surface area (Å²) in [4.78, 5) is 27.2. The molecule has 5 nitrogen and oxygen atoms in total. The van der Waals surface area contributed by atoms with Gasteiger partial charge >= 0.3 is 6.18 Å². The molecule has 1 N–H and O–H groups in total. The van der Waals surface area contributed by atoms with Crippen molar-refractivity contribution >= 4 is 23.1 Å². The number of anilines is 1. The molecule has 1 aliphatic heterocycles. The van der Waals surface area contributed by atoms with Crippen molar-refractivity contribution in [2.75, 3.05) is 11.5 Å². The third kappa shape index (κ3) is 4.82. The zero-order valence-electron chi connectivity index (χ0n) is 19.1. The number of alkyl halides is 3. The van der Waals surface area contributed by atoms with Gasteiger partial charge in [-0.05, 0) is 72.6 Å². The van der Waals surface area contributed by atoms with Gasteiger partial charge in [-0.2, -0.15) is 13.2 Å². The second-order valence-electron chi connectivity index (χ2n) is 8.14. The molecule has 0 radical (unpaired) electrons. The summed E-state index contributed by atoms with van der Waals surface area (Å²) >= 11 is 0. The van der Waals surface area contributed by atoms with Crippen LogP contribution in [0.5, 0.6) is 5.75 Å². The molecule has 1 atom stereocenters. The van der Waals surface area contributed by atoms with Gasteiger partial charge in [0.25, 0.3) is 11.7 Å². The number of carbonyl (C=O) groups excluding carboxylic acids is 2. The average Bonchev–Trinajstić information content (AvgIpc) is 3.13. The first-order valence-electron chi connectivity index (χ1n) is 11.1. The van der Waals surface area contributed by atoms with Crippen LogP contribution in [0.25, 0.3) is 5.76 Å². The highest BCUT2D eigenvalue weighted by atomic mass is 19.4. The van der Waals surface area contributed by atoms with E-state index < -0.39 is 41.0 Å². The number of halogens is 4. The van der Waals surface area contributed by atoms with Crippen LogP contribution in [-0.4, -0.2) is 23.4 Å². The van der Waals surface area contributed by atoms with Crippen LogP contribution < -0.4 is 9.64 Å². The van der Waals surface area contributed by atoms with E-state index in [0.717, 1.165) is 47.7 Å². The van der Waals surface area contributed by atoms with Crippen LogP contribution >= 0.6 is 0 Å². The fraction of sp³-hybridized carbons (Fsp3) is 0.185. The minimum Gasteiger partial charge on any atom is -0.507 e. The Bertz CT molecular complexity index is 1300. The summed E-state index contributed by atoms with van der Waals surface area (Å²) in [5.74, 6) is -2.54. The van der Waals surface area contributed by atoms with Crippen LogP contribution in [-0.2, 0) is 15.8 Å². The van der Waals surface area contributed by atoms with Crippen molar-refractivity contribution < 1.29 is 37.0 Å². The maximum absolute atomic E-state index is 13.6. The number of benzene rings is 3. The minimum absolute atomic E-state index is 0.0155. The Kier molecular flexibility index (Phi) is 6.83. The molecule has 0 aliphatic carbocycles. The van der Waals surface area contributed by atoms with Crippen LogP contribution in [0.2, 0.25) is 0 Å². The second kappa shape index (κ2) is 9.85. The fourth-order valence-corrected chi connectivity index (χ4v) is 3.95. The Balaban J connectivity index is 1.82. The number of Topliss-reactive ketones (excluding diaryl/α,β-unsaturated/α-hetero) is 1. The van der Waals surface area contributed by atoms with Gasteiger partial charge in [0.15, 0.2) is 0 Å². The lowest BCUT2D eigenvalue weighted by Crippen LogP contribution is -2.29. The van der Waals surface area contributed by atoms with Gasteiger partial charge in [0.05, 0.1) is 23.8 Å². The molecular weight excluding hydrogens is 478 g/mol. The highest BCUT2D eigenvalue weighted by molar-refractivity contribution is 6.51. The van der Waals surface area contributed by atoms with Crippen LogP contribution in [0.15, 0.2) is 78.4 Å². The third-order valence-corrected chi connectivity index (χ3v) is 5.70. The van der Waals surface area contributed by atoms with Gasteiger partial charge in [-0.15, -0.1) is 0 Å². The maximum atomic E-state index is 13.6. The number of nitrogens with zero attached hydrogens (tertiary/aromatic N) is 1. The van der Waals surface area contributed by atoms with Crippen molar-refractivity contribution in [2.45, 2.75) is 25.6 Å². The number of hydrogen-bond acceptors (Lipinski definition) is 4. The van der Waals surface area contributed by atoms with Crippen LogP contribution in [0.4, 0.5) is 23.2 Å². The quantitative estimate of drug-likeness (QED) is 0.188. The summed E-state index contributed by atoms with van der Waals surface area (Å²) in [6, 6.07) is 13.7. The Morgan fingerprint density at radius 3 is 2.11 bits per heavy atom. The standard InChI is InChI=1S/C27H21F4NO4/c1-2-15-36-21-13-5-17(6-14-21)24(33)22-23(16-3-9-19(28)10-4-16)32(26(35)25(22)34)20-11-7-18(8-12-20)27(29,30)31/h3-14,23,33H,2,15H2,1H3/b24-22+. The van der Waals surface area contributed by atoms with E-state index in [-0.39, 0.29) is 16.8 Å². The zero-order valence-corrected chi connectivity index (χ0v) is 19.1. The van der Waals surface area contributed by atoms with Gasteiger partial charge in [-0.25, -0.2) is 4.39 Å². The SMILES string of the molecule is CCCOc1ccc(/C(O)=C2\C(=O)C(=O)N(c3ccc(C(F)(F)F)cc3)C2c2ccc(F)cc2)cc1. The average molecular weight is 499 g/mol. The normalized spacial score (nSPS) is 17.5. The number of aliphatic hydroxyl groups excluding tert-OH is 1. The van der Waals surface area contributed by atoms with Gasteiger partial charge in [-0.1, -0.05) is 19.1 Å². The first-order valence-corrected chi connectivity index (χ1v) is 11.1. The van der Waals surface area contributed by atoms with Crippen molar-refractivity contribution in [3.05, 3.63) is 101 Å². The molecule has 9 heteroatoms. The Morgan fingerprint density at radius 2 is 1.56 bits per heavy atom. The summed E-state index contributed by atoms with van der Waals surface area (Å²) in [5.41, 5.74) is -0.654. The van der Waals surface area contributed by atoms with Gasteiger partial charge < -0.3 is 9.84 Å². The Hall–Kier alpha value is -4.14. The van der Waals surface area contributed by atoms with Crippen molar-refractivity contribution in [1.29, 1.82) is 0 Å². The van der Waals surface area contributed by atoms with E-state index in [4.69, 9.17) is 4.74 Å². The summed E-state index contributed by atoms with van der Waals surface area (Å²) in [5, 5.41) is 11.1. The van der Waals surface area contributed by atoms with Crippen molar-refractivity contribution in [1.82, 2.24) is 0 Å². The molecule has 1 amide bonds. The van der Waals surface area contributed by atoms with Crippen molar-refractivity contribution in [3.63, 3.8) is 0 Å². The molecule has 1 fully saturated rings. The molecule has 0 spiro atoms. The molecule has 4 rings (SSSR count). The highest BCUT2D eigenvalue weighted by Gasteiger charge is 2.47. The lowest BCUT2D eigenvalue weighted by Gasteiger charge is -2.25. The molecule has 36 heavy (non-hydrogen) atoms. The monoisotopic (exact) mass is 499 g/mol. The van der Waals surface area contributed by atoms with Crippen molar-refractivity contribution in [3.8, 4) is 5.75 Å². The van der Waals surface area contributed by atoms with Gasteiger partial charge in [0.1, 0.15) is 17.3 Å². The molecule has 1 unspecified atom stereocenters. The predicted molar refractivity (Wildman–Crippen MR) is 125 cm³/mol. The molecule has 1 heterocycles. The first-order chi connectivity index (χ1) is 17.1. The molecule has 0 saturated carbocycles. The lowest BCUT2D eigenvalue weighted by atomic mass is 9.95. The number of ketones is 1. The molecule has 1 aliphatic rings. The largest absolute Gasteiger partial charge is 0.507 e. The van der Waals surface area contributed by atoms with Crippen LogP contribution in [0.3, 0.4) is 0 Å². The number of rotatable bonds is 6. The van der Waals surface area contributed by atoms with E-state index in [0.29, 0.717) is 17.9 Å². The predicted octanol–water partition coefficient (Wildman–Crippen LogP) is 6.26. The van der Waals surface area contributed by atoms with E-state index >= 15 is 0 Å². The molecule has 3 aromatic rings. The molecule has 1 saturated heterocycles. The van der Waals surface area contributed by atoms with Gasteiger partial charge in [0.2, 0.25) is 0 Å². The number of ether oxygens (including phenoxy) is 1. The fourth-order valence-electron chi connectivity index (χ4n) is 3.95. The van der Waals surface area contributed by atoms with Crippen LogP contribution in [0, 0.1) is 5.82 Å². The summed E-state index contributed by atoms with van der Waals surface area (Å²) < 4.78 is 58.3. The van der Waals surface area contributed by atoms with Gasteiger partial charge in [0, 0.05) is 11.3 Å². The summed E-state index contributed by atoms with van der Waals surface area (Å²) in [6.45, 7) is 2.44. The van der Waals surface area contributed by atoms with E-state index in [2.05, 4.69) is 0 Å². The maximum Gasteiger partial charge on any atom is 0.416 e. The molecule has 3 aromatic carbocycles. The van der Waals surface area contributed by atoms with Gasteiger partial charge in [-0.3, -0.25) is 14.5 Å². The first kappa shape index (κ1) is 25.0. The zero-order chi connectivity index (χ0) is 26.0. The lowest BCUT2D eigenvalue weighted by molar-refractivity contribution is -0.137. The van der Waals surface area contributed by atoms with Crippen LogP contribution in [0.1, 0.15) is 36.1 Å². The molecule has 186 valence electrons. The minimum atomic E-state index is -4.59. The topological polar surface area (TPSA) is 66.8 Å². The van der Waals surface area contributed by atoms with Crippen molar-refractivity contribution in [2.24, 2.45) is 0 Å².